The molecule has 60 heavy (non-hydrogen) atoms. The van der Waals surface area contributed by atoms with Gasteiger partial charge in [-0.1, -0.05) is 80.6 Å². The maximum absolute atomic E-state index is 15.9. The molecule has 4 atom stereocenters. The molecule has 14 heteroatoms. The van der Waals surface area contributed by atoms with Crippen LogP contribution in [0.3, 0.4) is 0 Å². The summed E-state index contributed by atoms with van der Waals surface area (Å²) in [6, 6.07) is 24.1. The van der Waals surface area contributed by atoms with E-state index in [2.05, 4.69) is 25.6 Å². The number of aromatic nitrogens is 4. The molecule has 308 valence electrons. The zero-order valence-corrected chi connectivity index (χ0v) is 33.7. The molecule has 2 aliphatic heterocycles. The predicted molar refractivity (Wildman–Crippen MR) is 224 cm³/mol. The van der Waals surface area contributed by atoms with Crippen LogP contribution >= 0.6 is 0 Å². The van der Waals surface area contributed by atoms with Crippen LogP contribution in [-0.2, 0) is 19.1 Å². The summed E-state index contributed by atoms with van der Waals surface area (Å²) in [5.74, 6) is 0.396. The summed E-state index contributed by atoms with van der Waals surface area (Å²) >= 11 is 0. The molecule has 2 fully saturated rings. The maximum Gasteiger partial charge on any atom is 0.407 e. The molecule has 4 amide bonds. The third-order valence-electron chi connectivity index (χ3n) is 11.6. The van der Waals surface area contributed by atoms with Gasteiger partial charge >= 0.3 is 6.09 Å². The minimum atomic E-state index is -0.781. The number of benzene rings is 4. The van der Waals surface area contributed by atoms with E-state index in [0.717, 1.165) is 52.4 Å². The van der Waals surface area contributed by atoms with Crippen molar-refractivity contribution in [1.82, 2.24) is 40.4 Å². The molecule has 0 radical (unpaired) electrons. The average molecular weight is 811 g/mol. The number of hydrogen-bond acceptors (Lipinski definition) is 7. The van der Waals surface area contributed by atoms with E-state index in [1.54, 1.807) is 22.1 Å². The van der Waals surface area contributed by atoms with E-state index in [0.29, 0.717) is 54.4 Å². The van der Waals surface area contributed by atoms with Gasteiger partial charge in [0.05, 0.1) is 36.8 Å². The lowest BCUT2D eigenvalue weighted by atomic mass is 9.98. The molecule has 4 N–H and O–H groups in total. The number of hydrogen-bond donors (Lipinski definition) is 4. The molecule has 0 saturated carbocycles. The first kappa shape index (κ1) is 40.0. The number of halogens is 1. The summed E-state index contributed by atoms with van der Waals surface area (Å²) in [7, 11) is 1.27. The van der Waals surface area contributed by atoms with Crippen molar-refractivity contribution in [2.24, 2.45) is 5.92 Å². The van der Waals surface area contributed by atoms with Crippen LogP contribution < -0.4 is 10.6 Å². The number of carbonyl (C=O) groups is 4. The average Bonchev–Trinajstić information content (AvgIpc) is 4.11. The fraction of sp³-hybridized carbons (Fsp3) is 0.304. The number of ether oxygens (including phenoxy) is 1. The molecule has 4 heterocycles. The van der Waals surface area contributed by atoms with Gasteiger partial charge in [0.1, 0.15) is 29.5 Å². The van der Waals surface area contributed by atoms with Gasteiger partial charge in [0, 0.05) is 36.0 Å². The summed E-state index contributed by atoms with van der Waals surface area (Å²) in [6.45, 7) is 4.84. The van der Waals surface area contributed by atoms with Crippen LogP contribution in [0.4, 0.5) is 9.18 Å². The first-order valence-electron chi connectivity index (χ1n) is 20.3. The van der Waals surface area contributed by atoms with E-state index in [9.17, 15) is 19.2 Å². The van der Waals surface area contributed by atoms with E-state index >= 15 is 4.39 Å². The molecule has 0 aliphatic carbocycles. The van der Waals surface area contributed by atoms with Crippen molar-refractivity contribution >= 4 is 35.1 Å². The van der Waals surface area contributed by atoms with Gasteiger partial charge in [-0.25, -0.2) is 19.2 Å². The molecule has 8 rings (SSSR count). The summed E-state index contributed by atoms with van der Waals surface area (Å²) in [5, 5.41) is 7.27. The highest BCUT2D eigenvalue weighted by Crippen LogP contribution is 2.37. The lowest BCUT2D eigenvalue weighted by Gasteiger charge is -2.30. The second kappa shape index (κ2) is 17.2. The Morgan fingerprint density at radius 2 is 1.52 bits per heavy atom. The molecule has 13 nitrogen and oxygen atoms in total. The zero-order valence-electron chi connectivity index (χ0n) is 33.7. The minimum absolute atomic E-state index is 0.148. The number of nitrogens with zero attached hydrogens (tertiary/aromatic N) is 4. The van der Waals surface area contributed by atoms with Crippen LogP contribution in [0, 0.1) is 11.7 Å². The molecule has 0 unspecified atom stereocenters. The van der Waals surface area contributed by atoms with Crippen LogP contribution in [0.1, 0.15) is 74.9 Å². The first-order valence-corrected chi connectivity index (χ1v) is 20.3. The van der Waals surface area contributed by atoms with E-state index in [4.69, 9.17) is 9.72 Å². The van der Waals surface area contributed by atoms with E-state index in [1.165, 1.54) is 13.2 Å². The van der Waals surface area contributed by atoms with Crippen molar-refractivity contribution in [2.75, 3.05) is 20.2 Å². The number of alkyl carbamates (subject to hydrolysis) is 1. The van der Waals surface area contributed by atoms with Crippen LogP contribution in [0.2, 0.25) is 0 Å². The third kappa shape index (κ3) is 7.96. The predicted octanol–water partition coefficient (Wildman–Crippen LogP) is 7.62. The summed E-state index contributed by atoms with van der Waals surface area (Å²) in [4.78, 5) is 70.4. The van der Waals surface area contributed by atoms with Crippen LogP contribution in [0.25, 0.3) is 44.4 Å². The Morgan fingerprint density at radius 1 is 0.850 bits per heavy atom. The molecule has 6 aromatic rings. The van der Waals surface area contributed by atoms with Crippen LogP contribution in [-0.4, -0.2) is 80.3 Å². The number of rotatable bonds is 12. The molecule has 4 aromatic carbocycles. The van der Waals surface area contributed by atoms with Gasteiger partial charge in [-0.05, 0) is 71.7 Å². The summed E-state index contributed by atoms with van der Waals surface area (Å²) < 4.78 is 20.6. The fourth-order valence-electron chi connectivity index (χ4n) is 8.49. The van der Waals surface area contributed by atoms with Gasteiger partial charge in [0.25, 0.3) is 0 Å². The number of aromatic amines is 2. The summed E-state index contributed by atoms with van der Waals surface area (Å²) in [5.41, 5.74) is 4.81. The molecule has 0 bridgehead atoms. The van der Waals surface area contributed by atoms with Gasteiger partial charge in [-0.15, -0.1) is 0 Å². The topological polar surface area (TPSA) is 165 Å². The quantitative estimate of drug-likeness (QED) is 0.0924. The maximum atomic E-state index is 15.9. The van der Waals surface area contributed by atoms with Crippen molar-refractivity contribution in [3.63, 3.8) is 0 Å². The molecular formula is C46H47FN8O5. The number of amides is 4. The zero-order chi connectivity index (χ0) is 41.9. The number of nitrogens with one attached hydrogen (secondary N) is 4. The van der Waals surface area contributed by atoms with Gasteiger partial charge in [0.15, 0.2) is 0 Å². The monoisotopic (exact) mass is 810 g/mol. The Bertz CT molecular complexity index is 2540. The number of H-pyrrole nitrogens is 2. The highest BCUT2D eigenvalue weighted by molar-refractivity contribution is 5.91. The molecule has 2 aliphatic rings. The molecule has 0 spiro atoms. The number of fused-ring (bicyclic) bond motifs is 1. The number of likely N-dealkylation sites (tertiary alicyclic amines) is 2. The van der Waals surface area contributed by atoms with Crippen LogP contribution in [0.15, 0.2) is 97.3 Å². The Morgan fingerprint density at radius 3 is 2.20 bits per heavy atom. The highest BCUT2D eigenvalue weighted by Gasteiger charge is 2.38. The Kier molecular flexibility index (Phi) is 11.4. The van der Waals surface area contributed by atoms with E-state index < -0.39 is 18.2 Å². The second-order valence-electron chi connectivity index (χ2n) is 15.7. The van der Waals surface area contributed by atoms with E-state index in [-0.39, 0.29) is 35.6 Å². The van der Waals surface area contributed by atoms with Gasteiger partial charge in [0.2, 0.25) is 18.2 Å². The fourth-order valence-corrected chi connectivity index (χ4v) is 8.49. The standard InChI is InChI=1S/C46H47FN8O5/c1-27(2)40(53-46(59)60-3)44(57)54-19-7-11-38(54)42-49-25-37(52-42)33-17-18-34(35(47)23-33)31-15-13-30-22-32(16-14-29(30)21-31)36-24-48-43(51-36)39-12-8-20-55(39)45(58)41(50-26-56)28-9-5-4-6-10-28/h4-6,9-10,13-18,21-27,38-41H,7-8,11-12,19-20H2,1-3H3,(H,48,51)(H,49,52)(H,50,56)(H,53,59)/t38-,39-,40-,41+/m0/s1. The molecule has 2 saturated heterocycles. The van der Waals surface area contributed by atoms with Crippen molar-refractivity contribution in [3.8, 4) is 33.6 Å². The normalized spacial score (nSPS) is 17.5. The third-order valence-corrected chi connectivity index (χ3v) is 11.6. The largest absolute Gasteiger partial charge is 0.453 e. The summed E-state index contributed by atoms with van der Waals surface area (Å²) in [6.07, 6.45) is 6.48. The Labute approximate surface area is 346 Å². The van der Waals surface area contributed by atoms with Gasteiger partial charge in [-0.2, -0.15) is 0 Å². The van der Waals surface area contributed by atoms with Crippen LogP contribution in [0.5, 0.6) is 0 Å². The molecule has 2 aromatic heterocycles. The second-order valence-corrected chi connectivity index (χ2v) is 15.7. The Hall–Kier alpha value is -6.83. The number of carbonyl (C=O) groups excluding carboxylic acids is 4. The first-order chi connectivity index (χ1) is 29.1. The van der Waals surface area contributed by atoms with Crippen molar-refractivity contribution in [2.45, 2.75) is 63.7 Å². The smallest absolute Gasteiger partial charge is 0.407 e. The highest BCUT2D eigenvalue weighted by atomic mass is 19.1. The number of methoxy groups -OCH3 is 1. The molecular weight excluding hydrogens is 764 g/mol. The number of imidazole rings is 2. The van der Waals surface area contributed by atoms with Crippen molar-refractivity contribution < 1.29 is 28.3 Å². The minimum Gasteiger partial charge on any atom is -0.453 e. The van der Waals surface area contributed by atoms with E-state index in [1.807, 2.05) is 92.8 Å². The SMILES string of the molecule is COC(=O)N[C@H](C(=O)N1CCC[C@H]1c1ncc(-c2ccc(-c3ccc4cc(-c5c[nH]c([C@@H]6CCCN6C(=O)[C@H](NC=O)c6ccccc6)n5)ccc4c3)c(F)c2)[nH]1)C(C)C. The van der Waals surface area contributed by atoms with Crippen molar-refractivity contribution in [3.05, 3.63) is 120 Å². The van der Waals surface area contributed by atoms with Gasteiger partial charge in [-0.3, -0.25) is 14.4 Å². The van der Waals surface area contributed by atoms with Crippen molar-refractivity contribution in [1.29, 1.82) is 0 Å². The van der Waals surface area contributed by atoms with Gasteiger partial charge < -0.3 is 35.1 Å². The Balaban J connectivity index is 0.961. The lowest BCUT2D eigenvalue weighted by Crippen LogP contribution is -2.51. The lowest BCUT2D eigenvalue weighted by molar-refractivity contribution is -0.136.